The number of aliphatic carboxylic acids is 1. The van der Waals surface area contributed by atoms with Crippen LogP contribution in [0.2, 0.25) is 0 Å². The predicted octanol–water partition coefficient (Wildman–Crippen LogP) is 1.16. The normalized spacial score (nSPS) is 14.8. The van der Waals surface area contributed by atoms with E-state index in [0.717, 1.165) is 0 Å². The summed E-state index contributed by atoms with van der Waals surface area (Å²) in [4.78, 5) is 23.1. The molecule has 0 spiro atoms. The number of furan rings is 1. The first kappa shape index (κ1) is 18.5. The van der Waals surface area contributed by atoms with Crippen LogP contribution in [0.5, 0.6) is 0 Å². The molecule has 0 aromatic carbocycles. The number of carbonyl (C=O) groups is 2. The van der Waals surface area contributed by atoms with E-state index in [1.54, 1.807) is 12.1 Å². The third-order valence-electron chi connectivity index (χ3n) is 3.43. The second-order valence-electron chi connectivity index (χ2n) is 5.82. The molecule has 0 aliphatic heterocycles. The maximum atomic E-state index is 12.1. The monoisotopic (exact) mass is 352 g/mol. The molecule has 0 aliphatic rings. The fourth-order valence-electron chi connectivity index (χ4n) is 2.09. The average Bonchev–Trinajstić information content (AvgIpc) is 3.19. The van der Waals surface area contributed by atoms with E-state index >= 15 is 0 Å². The number of hydrogen-bond acceptors (Lipinski definition) is 7. The number of nitrogens with zero attached hydrogens (tertiary/aromatic N) is 2. The molecule has 0 aliphatic carbocycles. The van der Waals surface area contributed by atoms with E-state index in [2.05, 4.69) is 20.8 Å². The highest BCUT2D eigenvalue weighted by atomic mass is 16.4. The number of hydrogen-bond donors (Lipinski definition) is 4. The number of urea groups is 1. The molecule has 0 bridgehead atoms. The minimum Gasteiger partial charge on any atom is -0.480 e. The number of carboxylic acids is 1. The van der Waals surface area contributed by atoms with Crippen molar-refractivity contribution in [3.8, 4) is 11.7 Å². The summed E-state index contributed by atoms with van der Waals surface area (Å²) >= 11 is 0. The smallest absolute Gasteiger partial charge is 0.328 e. The lowest BCUT2D eigenvalue weighted by molar-refractivity contribution is -0.141. The molecule has 136 valence electrons. The van der Waals surface area contributed by atoms with Gasteiger partial charge in [-0.2, -0.15) is 0 Å². The molecular weight excluding hydrogens is 332 g/mol. The first-order valence-corrected chi connectivity index (χ1v) is 7.64. The zero-order valence-corrected chi connectivity index (χ0v) is 14.0. The van der Waals surface area contributed by atoms with Gasteiger partial charge in [0.1, 0.15) is 6.04 Å². The number of rotatable bonds is 7. The van der Waals surface area contributed by atoms with Crippen LogP contribution < -0.4 is 10.6 Å². The number of aliphatic hydroxyl groups is 1. The summed E-state index contributed by atoms with van der Waals surface area (Å²) in [6, 6.07) is 0.466. The van der Waals surface area contributed by atoms with Crippen LogP contribution in [0.3, 0.4) is 0 Å². The Morgan fingerprint density at radius 2 is 1.92 bits per heavy atom. The SMILES string of the molecule is CC(O)[C@H](NC(=O)N[C@H](c1nnc(-c2ccco2)o1)C(C)C)C(=O)O. The third kappa shape index (κ3) is 4.57. The quantitative estimate of drug-likeness (QED) is 0.579. The Balaban J connectivity index is 2.11. The van der Waals surface area contributed by atoms with Crippen LogP contribution in [0, 0.1) is 5.92 Å². The molecule has 2 aromatic rings. The minimum absolute atomic E-state index is 0.120. The molecule has 10 nitrogen and oxygen atoms in total. The van der Waals surface area contributed by atoms with E-state index in [1.165, 1.54) is 13.2 Å². The summed E-state index contributed by atoms with van der Waals surface area (Å²) in [6.45, 7) is 4.92. The Labute approximate surface area is 143 Å². The molecule has 0 saturated heterocycles. The van der Waals surface area contributed by atoms with Crippen LogP contribution >= 0.6 is 0 Å². The summed E-state index contributed by atoms with van der Waals surface area (Å²) in [6.07, 6.45) is 0.210. The van der Waals surface area contributed by atoms with Crippen LogP contribution in [-0.4, -0.2) is 44.6 Å². The zero-order valence-electron chi connectivity index (χ0n) is 14.0. The molecule has 2 amide bonds. The molecule has 3 atom stereocenters. The van der Waals surface area contributed by atoms with Gasteiger partial charge in [0, 0.05) is 0 Å². The van der Waals surface area contributed by atoms with E-state index in [1.807, 2.05) is 13.8 Å². The van der Waals surface area contributed by atoms with Gasteiger partial charge >= 0.3 is 12.0 Å². The molecule has 2 rings (SSSR count). The van der Waals surface area contributed by atoms with Crippen LogP contribution in [0.4, 0.5) is 4.79 Å². The highest BCUT2D eigenvalue weighted by Crippen LogP contribution is 2.24. The fourth-order valence-corrected chi connectivity index (χ4v) is 2.09. The largest absolute Gasteiger partial charge is 0.480 e. The van der Waals surface area contributed by atoms with Crippen LogP contribution in [0.25, 0.3) is 11.7 Å². The van der Waals surface area contributed by atoms with Crippen molar-refractivity contribution < 1.29 is 28.6 Å². The number of carbonyl (C=O) groups excluding carboxylic acids is 1. The Morgan fingerprint density at radius 1 is 1.20 bits per heavy atom. The van der Waals surface area contributed by atoms with Gasteiger partial charge in [0.05, 0.1) is 12.4 Å². The lowest BCUT2D eigenvalue weighted by Gasteiger charge is -2.22. The second kappa shape index (κ2) is 7.79. The highest BCUT2D eigenvalue weighted by Gasteiger charge is 2.29. The van der Waals surface area contributed by atoms with Gasteiger partial charge < -0.3 is 29.7 Å². The van der Waals surface area contributed by atoms with Crippen molar-refractivity contribution in [2.75, 3.05) is 0 Å². The average molecular weight is 352 g/mol. The number of carboxylic acid groups (broad SMARTS) is 1. The molecule has 0 saturated carbocycles. The van der Waals surface area contributed by atoms with Crippen LogP contribution in [0.1, 0.15) is 32.7 Å². The number of aromatic nitrogens is 2. The number of aliphatic hydroxyl groups excluding tert-OH is 1. The van der Waals surface area contributed by atoms with Gasteiger partial charge in [0.15, 0.2) is 11.8 Å². The second-order valence-corrected chi connectivity index (χ2v) is 5.82. The van der Waals surface area contributed by atoms with E-state index in [-0.39, 0.29) is 17.7 Å². The van der Waals surface area contributed by atoms with Gasteiger partial charge in [0.25, 0.3) is 5.89 Å². The Morgan fingerprint density at radius 3 is 2.44 bits per heavy atom. The highest BCUT2D eigenvalue weighted by molar-refractivity contribution is 5.83. The molecule has 2 aromatic heterocycles. The van der Waals surface area contributed by atoms with Crippen molar-refractivity contribution in [2.45, 2.75) is 39.0 Å². The fraction of sp³-hybridized carbons (Fsp3) is 0.467. The minimum atomic E-state index is -1.44. The van der Waals surface area contributed by atoms with Gasteiger partial charge in [-0.3, -0.25) is 0 Å². The molecule has 25 heavy (non-hydrogen) atoms. The third-order valence-corrected chi connectivity index (χ3v) is 3.43. The van der Waals surface area contributed by atoms with Crippen LogP contribution in [-0.2, 0) is 4.79 Å². The van der Waals surface area contributed by atoms with Crippen molar-refractivity contribution in [2.24, 2.45) is 5.92 Å². The van der Waals surface area contributed by atoms with Gasteiger partial charge in [-0.05, 0) is 25.0 Å². The van der Waals surface area contributed by atoms with Crippen molar-refractivity contribution in [3.63, 3.8) is 0 Å². The van der Waals surface area contributed by atoms with E-state index in [0.29, 0.717) is 5.76 Å². The van der Waals surface area contributed by atoms with Crippen LogP contribution in [0.15, 0.2) is 27.2 Å². The summed E-state index contributed by atoms with van der Waals surface area (Å²) in [5.74, 6) is -0.749. The summed E-state index contributed by atoms with van der Waals surface area (Å²) in [5, 5.41) is 31.0. The Kier molecular flexibility index (Phi) is 5.75. The molecule has 4 N–H and O–H groups in total. The lowest BCUT2D eigenvalue weighted by atomic mass is 10.0. The summed E-state index contributed by atoms with van der Waals surface area (Å²) in [7, 11) is 0. The molecule has 0 fully saturated rings. The van der Waals surface area contributed by atoms with Gasteiger partial charge in [0.2, 0.25) is 5.89 Å². The Bertz CT molecular complexity index is 709. The van der Waals surface area contributed by atoms with Crippen molar-refractivity contribution in [1.29, 1.82) is 0 Å². The van der Waals surface area contributed by atoms with Crippen molar-refractivity contribution >= 4 is 12.0 Å². The zero-order chi connectivity index (χ0) is 18.6. The summed E-state index contributed by atoms with van der Waals surface area (Å²) < 4.78 is 10.7. The molecule has 2 heterocycles. The topological polar surface area (TPSA) is 151 Å². The first-order chi connectivity index (χ1) is 11.8. The standard InChI is InChI=1S/C15H20N4O6/c1-7(2)10(16-15(23)17-11(8(3)20)14(21)22)13-19-18-12(25-13)9-5-4-6-24-9/h4-8,10-11,20H,1-3H3,(H,21,22)(H2,16,17,23)/t8?,10-,11-/m0/s1. The Hall–Kier alpha value is -2.88. The van der Waals surface area contributed by atoms with E-state index < -0.39 is 30.2 Å². The van der Waals surface area contributed by atoms with E-state index in [9.17, 15) is 14.7 Å². The van der Waals surface area contributed by atoms with E-state index in [4.69, 9.17) is 13.9 Å². The molecular formula is C15H20N4O6. The van der Waals surface area contributed by atoms with Gasteiger partial charge in [-0.1, -0.05) is 13.8 Å². The predicted molar refractivity (Wildman–Crippen MR) is 84.4 cm³/mol. The van der Waals surface area contributed by atoms with Crippen molar-refractivity contribution in [3.05, 3.63) is 24.3 Å². The lowest BCUT2D eigenvalue weighted by Crippen LogP contribution is -2.52. The number of nitrogens with one attached hydrogen (secondary N) is 2. The maximum absolute atomic E-state index is 12.1. The maximum Gasteiger partial charge on any atom is 0.328 e. The van der Waals surface area contributed by atoms with Gasteiger partial charge in [-0.25, -0.2) is 9.59 Å². The van der Waals surface area contributed by atoms with Crippen molar-refractivity contribution in [1.82, 2.24) is 20.8 Å². The molecule has 0 radical (unpaired) electrons. The number of amides is 2. The first-order valence-electron chi connectivity index (χ1n) is 7.64. The summed E-state index contributed by atoms with van der Waals surface area (Å²) in [5.41, 5.74) is 0. The van der Waals surface area contributed by atoms with Gasteiger partial charge in [-0.15, -0.1) is 10.2 Å². The molecule has 1 unspecified atom stereocenters. The molecule has 10 heteroatoms.